The standard InChI is InChI=1S/C13H17FN2O/c1-15-12(17)16-13(8-4-5-9-13)10-6-2-3-7-11(10)14/h2-3,6-7H,4-5,8-9H2,1H3,(H2,15,16,17). The van der Waals surface area contributed by atoms with E-state index in [1.807, 2.05) is 6.07 Å². The molecule has 0 aliphatic heterocycles. The molecule has 0 aromatic heterocycles. The molecule has 1 saturated carbocycles. The molecule has 3 nitrogen and oxygen atoms in total. The van der Waals surface area contributed by atoms with Gasteiger partial charge < -0.3 is 10.6 Å². The molecule has 1 aromatic rings. The maximum Gasteiger partial charge on any atom is 0.315 e. The van der Waals surface area contributed by atoms with Crippen molar-refractivity contribution in [3.05, 3.63) is 35.6 Å². The number of carbonyl (C=O) groups excluding carboxylic acids is 1. The normalized spacial score (nSPS) is 17.8. The van der Waals surface area contributed by atoms with Crippen molar-refractivity contribution in [3.8, 4) is 0 Å². The van der Waals surface area contributed by atoms with Gasteiger partial charge in [0.15, 0.2) is 0 Å². The molecule has 17 heavy (non-hydrogen) atoms. The summed E-state index contributed by atoms with van der Waals surface area (Å²) in [5.74, 6) is -0.245. The largest absolute Gasteiger partial charge is 0.341 e. The third kappa shape index (κ3) is 2.25. The van der Waals surface area contributed by atoms with Crippen LogP contribution in [0.2, 0.25) is 0 Å². The number of hydrogen-bond acceptors (Lipinski definition) is 1. The van der Waals surface area contributed by atoms with Crippen molar-refractivity contribution in [1.82, 2.24) is 10.6 Å². The lowest BCUT2D eigenvalue weighted by Gasteiger charge is -2.31. The topological polar surface area (TPSA) is 41.1 Å². The maximum atomic E-state index is 13.9. The van der Waals surface area contributed by atoms with Crippen LogP contribution in [0.3, 0.4) is 0 Å². The van der Waals surface area contributed by atoms with E-state index < -0.39 is 5.54 Å². The predicted octanol–water partition coefficient (Wildman–Crippen LogP) is 2.52. The van der Waals surface area contributed by atoms with Gasteiger partial charge in [0.2, 0.25) is 0 Å². The summed E-state index contributed by atoms with van der Waals surface area (Å²) in [7, 11) is 1.57. The number of halogens is 1. The summed E-state index contributed by atoms with van der Waals surface area (Å²) in [6.45, 7) is 0. The third-order valence-electron chi connectivity index (χ3n) is 3.43. The molecule has 2 N–H and O–H groups in total. The Labute approximate surface area is 100 Å². The highest BCUT2D eigenvalue weighted by molar-refractivity contribution is 5.74. The van der Waals surface area contributed by atoms with Gasteiger partial charge in [0.25, 0.3) is 0 Å². The van der Waals surface area contributed by atoms with Gasteiger partial charge in [0.1, 0.15) is 5.82 Å². The first-order chi connectivity index (χ1) is 8.18. The van der Waals surface area contributed by atoms with Crippen LogP contribution in [0.4, 0.5) is 9.18 Å². The molecule has 2 rings (SSSR count). The molecule has 0 heterocycles. The molecule has 1 aliphatic rings. The van der Waals surface area contributed by atoms with Gasteiger partial charge in [0.05, 0.1) is 5.54 Å². The number of urea groups is 1. The van der Waals surface area contributed by atoms with Crippen LogP contribution < -0.4 is 10.6 Å². The number of amides is 2. The highest BCUT2D eigenvalue weighted by Gasteiger charge is 2.38. The van der Waals surface area contributed by atoms with E-state index >= 15 is 0 Å². The number of carbonyl (C=O) groups is 1. The van der Waals surface area contributed by atoms with Crippen molar-refractivity contribution < 1.29 is 9.18 Å². The smallest absolute Gasteiger partial charge is 0.315 e. The molecule has 0 saturated heterocycles. The summed E-state index contributed by atoms with van der Waals surface area (Å²) in [4.78, 5) is 11.5. The Hall–Kier alpha value is -1.58. The number of hydrogen-bond donors (Lipinski definition) is 2. The van der Waals surface area contributed by atoms with Crippen molar-refractivity contribution in [2.75, 3.05) is 7.05 Å². The number of benzene rings is 1. The van der Waals surface area contributed by atoms with E-state index in [1.54, 1.807) is 19.2 Å². The molecule has 1 aliphatic carbocycles. The first-order valence-corrected chi connectivity index (χ1v) is 5.93. The summed E-state index contributed by atoms with van der Waals surface area (Å²) in [5.41, 5.74) is 0.0620. The fraction of sp³-hybridized carbons (Fsp3) is 0.462. The van der Waals surface area contributed by atoms with Gasteiger partial charge in [-0.3, -0.25) is 0 Å². The molecular formula is C13H17FN2O. The highest BCUT2D eigenvalue weighted by Crippen LogP contribution is 2.39. The van der Waals surface area contributed by atoms with E-state index in [0.29, 0.717) is 5.56 Å². The van der Waals surface area contributed by atoms with Gasteiger partial charge in [-0.25, -0.2) is 9.18 Å². The van der Waals surface area contributed by atoms with E-state index in [-0.39, 0.29) is 11.8 Å². The average Bonchev–Trinajstić information content (AvgIpc) is 2.79. The Bertz CT molecular complexity index is 414. The van der Waals surface area contributed by atoms with Crippen LogP contribution in [0.15, 0.2) is 24.3 Å². The zero-order valence-electron chi connectivity index (χ0n) is 9.92. The molecule has 4 heteroatoms. The number of rotatable bonds is 2. The van der Waals surface area contributed by atoms with E-state index in [9.17, 15) is 9.18 Å². The molecular weight excluding hydrogens is 219 g/mol. The van der Waals surface area contributed by atoms with Crippen LogP contribution >= 0.6 is 0 Å². The Morgan fingerprint density at radius 1 is 1.29 bits per heavy atom. The molecule has 2 amide bonds. The quantitative estimate of drug-likeness (QED) is 0.814. The van der Waals surface area contributed by atoms with Gasteiger partial charge >= 0.3 is 6.03 Å². The average molecular weight is 236 g/mol. The summed E-state index contributed by atoms with van der Waals surface area (Å²) in [5, 5.41) is 5.44. The van der Waals surface area contributed by atoms with Crippen molar-refractivity contribution in [2.24, 2.45) is 0 Å². The van der Waals surface area contributed by atoms with Gasteiger partial charge in [0, 0.05) is 12.6 Å². The summed E-state index contributed by atoms with van der Waals surface area (Å²) < 4.78 is 13.9. The van der Waals surface area contributed by atoms with E-state index in [4.69, 9.17) is 0 Å². The van der Waals surface area contributed by atoms with Gasteiger partial charge in [-0.05, 0) is 18.9 Å². The summed E-state index contributed by atoms with van der Waals surface area (Å²) >= 11 is 0. The van der Waals surface area contributed by atoms with Crippen LogP contribution in [0, 0.1) is 5.82 Å². The summed E-state index contributed by atoms with van der Waals surface area (Å²) in [6, 6.07) is 6.43. The van der Waals surface area contributed by atoms with Gasteiger partial charge in [-0.15, -0.1) is 0 Å². The second-order valence-corrected chi connectivity index (χ2v) is 4.47. The van der Waals surface area contributed by atoms with Crippen LogP contribution in [0.5, 0.6) is 0 Å². The fourth-order valence-corrected chi connectivity index (χ4v) is 2.57. The predicted molar refractivity (Wildman–Crippen MR) is 64.1 cm³/mol. The van der Waals surface area contributed by atoms with Gasteiger partial charge in [-0.2, -0.15) is 0 Å². The van der Waals surface area contributed by atoms with E-state index in [2.05, 4.69) is 10.6 Å². The third-order valence-corrected chi connectivity index (χ3v) is 3.43. The summed E-state index contributed by atoms with van der Waals surface area (Å²) in [6.07, 6.45) is 3.61. The Morgan fingerprint density at radius 3 is 2.53 bits per heavy atom. The molecule has 1 fully saturated rings. The fourth-order valence-electron chi connectivity index (χ4n) is 2.57. The van der Waals surface area contributed by atoms with Crippen molar-refractivity contribution in [2.45, 2.75) is 31.2 Å². The lowest BCUT2D eigenvalue weighted by Crippen LogP contribution is -2.48. The molecule has 1 aromatic carbocycles. The molecule has 0 radical (unpaired) electrons. The molecule has 0 spiro atoms. The highest BCUT2D eigenvalue weighted by atomic mass is 19.1. The van der Waals surface area contributed by atoms with E-state index in [0.717, 1.165) is 25.7 Å². The monoisotopic (exact) mass is 236 g/mol. The SMILES string of the molecule is CNC(=O)NC1(c2ccccc2F)CCCC1. The minimum atomic E-state index is -0.536. The Morgan fingerprint density at radius 2 is 1.94 bits per heavy atom. The Balaban J connectivity index is 2.34. The first kappa shape index (κ1) is 11.9. The molecule has 0 unspecified atom stereocenters. The van der Waals surface area contributed by atoms with Crippen LogP contribution in [0.1, 0.15) is 31.2 Å². The second kappa shape index (κ2) is 4.73. The molecule has 0 bridgehead atoms. The van der Waals surface area contributed by atoms with E-state index in [1.165, 1.54) is 6.07 Å². The minimum absolute atomic E-state index is 0.245. The van der Waals surface area contributed by atoms with Gasteiger partial charge in [-0.1, -0.05) is 31.0 Å². The number of nitrogens with one attached hydrogen (secondary N) is 2. The Kier molecular flexibility index (Phi) is 3.31. The van der Waals surface area contributed by atoms with Crippen LogP contribution in [-0.4, -0.2) is 13.1 Å². The maximum absolute atomic E-state index is 13.9. The first-order valence-electron chi connectivity index (χ1n) is 5.93. The second-order valence-electron chi connectivity index (χ2n) is 4.47. The molecule has 0 atom stereocenters. The minimum Gasteiger partial charge on any atom is -0.341 e. The lowest BCUT2D eigenvalue weighted by molar-refractivity contribution is 0.225. The van der Waals surface area contributed by atoms with Crippen LogP contribution in [-0.2, 0) is 5.54 Å². The van der Waals surface area contributed by atoms with Crippen molar-refractivity contribution in [3.63, 3.8) is 0 Å². The van der Waals surface area contributed by atoms with Crippen molar-refractivity contribution >= 4 is 6.03 Å². The molecule has 92 valence electrons. The zero-order valence-corrected chi connectivity index (χ0v) is 9.92. The lowest BCUT2D eigenvalue weighted by atomic mass is 9.88. The zero-order chi connectivity index (χ0) is 12.3. The van der Waals surface area contributed by atoms with Crippen molar-refractivity contribution in [1.29, 1.82) is 0 Å². The van der Waals surface area contributed by atoms with Crippen LogP contribution in [0.25, 0.3) is 0 Å².